The Bertz CT molecular complexity index is 115. The second-order valence-electron chi connectivity index (χ2n) is 0.589. The van der Waals surface area contributed by atoms with Gasteiger partial charge in [0.05, 0.1) is 0 Å². The summed E-state index contributed by atoms with van der Waals surface area (Å²) in [5.74, 6) is 4.09. The predicted molar refractivity (Wildman–Crippen MR) is 25.6 cm³/mol. The minimum absolute atomic E-state index is 0. The van der Waals surface area contributed by atoms with Crippen molar-refractivity contribution in [3.63, 3.8) is 0 Å². The molecule has 0 unspecified atom stereocenters. The van der Waals surface area contributed by atoms with E-state index in [9.17, 15) is 8.42 Å². The van der Waals surface area contributed by atoms with Gasteiger partial charge in [0.25, 0.3) is 0 Å². The maximum atomic E-state index is 9.43. The largest absolute Gasteiger partial charge is 0.349 e. The standard InChI is InChI=1S/ClH.H4N2O3S/c;1-5-6(2,3)4/h1H;1H2,(H2,2,3,4). The van der Waals surface area contributed by atoms with Crippen LogP contribution in [0.1, 0.15) is 0 Å². The molecule has 46 valence electrons. The van der Waals surface area contributed by atoms with Gasteiger partial charge in [0, 0.05) is 0 Å². The molecule has 0 atom stereocenters. The van der Waals surface area contributed by atoms with E-state index >= 15 is 0 Å². The van der Waals surface area contributed by atoms with Crippen molar-refractivity contribution in [2.24, 2.45) is 11.0 Å². The maximum absolute atomic E-state index is 9.43. The van der Waals surface area contributed by atoms with Gasteiger partial charge in [-0.15, -0.1) is 12.4 Å². The molecule has 7 heavy (non-hydrogen) atoms. The first-order valence-electron chi connectivity index (χ1n) is 0.971. The summed E-state index contributed by atoms with van der Waals surface area (Å²) in [5.41, 5.74) is 0. The van der Waals surface area contributed by atoms with Gasteiger partial charge in [-0.2, -0.15) is 18.6 Å². The SMILES string of the molecule is Cl.NOS(N)(=O)=O. The molecular formula is H5ClN2O3S. The van der Waals surface area contributed by atoms with Crippen molar-refractivity contribution >= 4 is 22.7 Å². The normalized spacial score (nSPS) is 10.0. The van der Waals surface area contributed by atoms with Gasteiger partial charge in [0.15, 0.2) is 0 Å². The molecule has 0 aliphatic carbocycles. The lowest BCUT2D eigenvalue weighted by Gasteiger charge is -1.83. The molecule has 0 radical (unpaired) electrons. The summed E-state index contributed by atoms with van der Waals surface area (Å²) >= 11 is 0. The summed E-state index contributed by atoms with van der Waals surface area (Å²) < 4.78 is 22.0. The fraction of sp³-hybridized carbons (Fsp3) is 0. The molecule has 0 aromatic carbocycles. The molecule has 0 rings (SSSR count). The monoisotopic (exact) mass is 148 g/mol. The molecule has 0 amide bonds. The Morgan fingerprint density at radius 2 is 1.57 bits per heavy atom. The van der Waals surface area contributed by atoms with Crippen molar-refractivity contribution in [2.45, 2.75) is 0 Å². The number of rotatable bonds is 1. The van der Waals surface area contributed by atoms with Crippen molar-refractivity contribution < 1.29 is 12.7 Å². The van der Waals surface area contributed by atoms with Crippen molar-refractivity contribution in [3.8, 4) is 0 Å². The second kappa shape index (κ2) is 3.16. The van der Waals surface area contributed by atoms with Crippen molar-refractivity contribution in [1.29, 1.82) is 0 Å². The third kappa shape index (κ3) is 10.7. The molecule has 0 fully saturated rings. The molecule has 0 bridgehead atoms. The quantitative estimate of drug-likeness (QED) is 0.443. The Morgan fingerprint density at radius 3 is 1.57 bits per heavy atom. The summed E-state index contributed by atoms with van der Waals surface area (Å²) in [4.78, 5) is 0. The van der Waals surface area contributed by atoms with Gasteiger partial charge in [-0.3, -0.25) is 0 Å². The van der Waals surface area contributed by atoms with E-state index in [2.05, 4.69) is 15.3 Å². The smallest absolute Gasteiger partial charge is 0.204 e. The van der Waals surface area contributed by atoms with Crippen LogP contribution in [0, 0.1) is 0 Å². The first-order chi connectivity index (χ1) is 2.56. The fourth-order valence-electron chi connectivity index (χ4n) is 0. The minimum Gasteiger partial charge on any atom is -0.204 e. The first-order valence-corrected chi connectivity index (χ1v) is 2.44. The summed E-state index contributed by atoms with van der Waals surface area (Å²) in [6.45, 7) is 0. The molecule has 0 aliphatic heterocycles. The molecule has 4 N–H and O–H groups in total. The van der Waals surface area contributed by atoms with Crippen LogP contribution in [0.25, 0.3) is 0 Å². The van der Waals surface area contributed by atoms with Crippen molar-refractivity contribution in [2.75, 3.05) is 0 Å². The number of nitrogens with two attached hydrogens (primary N) is 2. The average molecular weight is 149 g/mol. The molecule has 7 heteroatoms. The van der Waals surface area contributed by atoms with E-state index in [1.165, 1.54) is 0 Å². The molecule has 0 aromatic heterocycles. The van der Waals surface area contributed by atoms with E-state index in [1.54, 1.807) is 0 Å². The van der Waals surface area contributed by atoms with Crippen molar-refractivity contribution in [3.05, 3.63) is 0 Å². The zero-order valence-corrected chi connectivity index (χ0v) is 4.83. The van der Waals surface area contributed by atoms with E-state index in [0.717, 1.165) is 0 Å². The van der Waals surface area contributed by atoms with Gasteiger partial charge >= 0.3 is 10.3 Å². The third-order valence-corrected chi connectivity index (χ3v) is 0.402. The van der Waals surface area contributed by atoms with Crippen LogP contribution in [0.3, 0.4) is 0 Å². The summed E-state index contributed by atoms with van der Waals surface area (Å²) in [5, 5.41) is 4.16. The third-order valence-electron chi connectivity index (χ3n) is 0.134. The number of hydrogen-bond donors (Lipinski definition) is 2. The lowest BCUT2D eigenvalue weighted by atomic mass is 13.6. The summed E-state index contributed by atoms with van der Waals surface area (Å²) in [6, 6.07) is 0. The topological polar surface area (TPSA) is 95.4 Å². The lowest BCUT2D eigenvalue weighted by molar-refractivity contribution is 0.333. The summed E-state index contributed by atoms with van der Waals surface area (Å²) in [6.07, 6.45) is 0. The van der Waals surface area contributed by atoms with Crippen LogP contribution in [0.15, 0.2) is 0 Å². The Balaban J connectivity index is 0. The highest BCUT2D eigenvalue weighted by Gasteiger charge is 1.92. The van der Waals surface area contributed by atoms with Gasteiger partial charge < -0.3 is 0 Å². The summed E-state index contributed by atoms with van der Waals surface area (Å²) in [7, 11) is -3.88. The van der Waals surface area contributed by atoms with E-state index in [-0.39, 0.29) is 12.4 Å². The van der Waals surface area contributed by atoms with Gasteiger partial charge in [0.2, 0.25) is 0 Å². The van der Waals surface area contributed by atoms with Gasteiger partial charge in [0.1, 0.15) is 0 Å². The van der Waals surface area contributed by atoms with E-state index in [1.807, 2.05) is 0 Å². The van der Waals surface area contributed by atoms with Crippen LogP contribution < -0.4 is 11.0 Å². The zero-order chi connectivity index (χ0) is 5.21. The molecule has 0 saturated heterocycles. The highest BCUT2D eigenvalue weighted by Crippen LogP contribution is 1.64. The number of halogens is 1. The fourth-order valence-corrected chi connectivity index (χ4v) is 0. The van der Waals surface area contributed by atoms with Crippen LogP contribution >= 0.6 is 12.4 Å². The van der Waals surface area contributed by atoms with Crippen molar-refractivity contribution in [1.82, 2.24) is 0 Å². The molecule has 0 aromatic rings. The Hall–Kier alpha value is 0.120. The molecule has 0 aliphatic rings. The van der Waals surface area contributed by atoms with Crippen LogP contribution in [0.2, 0.25) is 0 Å². The highest BCUT2D eigenvalue weighted by molar-refractivity contribution is 7.84. The molecule has 0 spiro atoms. The van der Waals surface area contributed by atoms with E-state index in [4.69, 9.17) is 0 Å². The van der Waals surface area contributed by atoms with Crippen LogP contribution in [-0.2, 0) is 14.6 Å². The first kappa shape index (κ1) is 10.2. The van der Waals surface area contributed by atoms with E-state index < -0.39 is 10.3 Å². The average Bonchev–Trinajstić information content (AvgIpc) is 1.35. The Labute approximate surface area is 47.2 Å². The molecule has 0 saturated carbocycles. The second-order valence-corrected chi connectivity index (χ2v) is 1.77. The number of hydrogen-bond acceptors (Lipinski definition) is 4. The maximum Gasteiger partial charge on any atom is 0.349 e. The zero-order valence-electron chi connectivity index (χ0n) is 3.20. The minimum atomic E-state index is -3.88. The molecule has 5 nitrogen and oxygen atoms in total. The Morgan fingerprint density at radius 1 is 1.43 bits per heavy atom. The highest BCUT2D eigenvalue weighted by atomic mass is 35.5. The molecule has 0 heterocycles. The van der Waals surface area contributed by atoms with Gasteiger partial charge in [-0.05, 0) is 0 Å². The predicted octanol–water partition coefficient (Wildman–Crippen LogP) is -1.50. The Kier molecular flexibility index (Phi) is 4.60. The van der Waals surface area contributed by atoms with Crippen LogP contribution in [0.4, 0.5) is 0 Å². The van der Waals surface area contributed by atoms with Crippen LogP contribution in [-0.4, -0.2) is 8.42 Å². The molecular weight excluding hydrogens is 144 g/mol. The lowest BCUT2D eigenvalue weighted by Crippen LogP contribution is -2.19. The van der Waals surface area contributed by atoms with Gasteiger partial charge in [-0.25, -0.2) is 5.14 Å². The van der Waals surface area contributed by atoms with E-state index in [0.29, 0.717) is 0 Å². The van der Waals surface area contributed by atoms with Crippen LogP contribution in [0.5, 0.6) is 0 Å². The van der Waals surface area contributed by atoms with Gasteiger partial charge in [-0.1, -0.05) is 0 Å².